The number of halogens is 1. The molecule has 102 valence electrons. The summed E-state index contributed by atoms with van der Waals surface area (Å²) >= 11 is 3.54. The van der Waals surface area contributed by atoms with Crippen LogP contribution in [0, 0.1) is 5.92 Å². The molecule has 0 spiro atoms. The summed E-state index contributed by atoms with van der Waals surface area (Å²) in [4.78, 5) is 2.36. The standard InChI is InChI=1S/C15H25BrN2/c1-10(2)12(4)18(5)15-7-6-14(16)9-13(15)8-11(3)17/h6-7,9-12H,8,17H2,1-5H3. The molecule has 1 rings (SSSR count). The second kappa shape index (κ2) is 6.58. The number of hydrogen-bond donors (Lipinski definition) is 1. The Bertz CT molecular complexity index is 388. The molecule has 0 fully saturated rings. The molecule has 1 aromatic rings. The van der Waals surface area contributed by atoms with Crippen LogP contribution in [0.1, 0.15) is 33.3 Å². The van der Waals surface area contributed by atoms with Crippen molar-refractivity contribution in [2.75, 3.05) is 11.9 Å². The molecular formula is C15H25BrN2. The van der Waals surface area contributed by atoms with Gasteiger partial charge < -0.3 is 10.6 Å². The predicted octanol–water partition coefficient (Wildman–Crippen LogP) is 3.82. The van der Waals surface area contributed by atoms with E-state index in [1.54, 1.807) is 0 Å². The van der Waals surface area contributed by atoms with Crippen LogP contribution in [0.4, 0.5) is 5.69 Å². The van der Waals surface area contributed by atoms with Crippen LogP contribution >= 0.6 is 15.9 Å². The summed E-state index contributed by atoms with van der Waals surface area (Å²) < 4.78 is 1.12. The van der Waals surface area contributed by atoms with Gasteiger partial charge in [-0.25, -0.2) is 0 Å². The van der Waals surface area contributed by atoms with Crippen LogP contribution in [0.15, 0.2) is 22.7 Å². The van der Waals surface area contributed by atoms with E-state index < -0.39 is 0 Å². The zero-order valence-corrected chi connectivity index (χ0v) is 13.7. The van der Waals surface area contributed by atoms with E-state index >= 15 is 0 Å². The average molecular weight is 313 g/mol. The van der Waals surface area contributed by atoms with Crippen molar-refractivity contribution in [3.05, 3.63) is 28.2 Å². The number of nitrogens with zero attached hydrogens (tertiary/aromatic N) is 1. The molecule has 2 N–H and O–H groups in total. The van der Waals surface area contributed by atoms with Crippen LogP contribution in [0.5, 0.6) is 0 Å². The lowest BCUT2D eigenvalue weighted by Crippen LogP contribution is -2.34. The highest BCUT2D eigenvalue weighted by Crippen LogP contribution is 2.27. The molecule has 0 amide bonds. The molecule has 0 saturated heterocycles. The monoisotopic (exact) mass is 312 g/mol. The van der Waals surface area contributed by atoms with E-state index in [1.165, 1.54) is 11.3 Å². The van der Waals surface area contributed by atoms with Crippen LogP contribution in [0.25, 0.3) is 0 Å². The van der Waals surface area contributed by atoms with Crippen LogP contribution in [0.2, 0.25) is 0 Å². The van der Waals surface area contributed by atoms with Crippen molar-refractivity contribution in [1.29, 1.82) is 0 Å². The Labute approximate surface area is 120 Å². The second-order valence-electron chi connectivity index (χ2n) is 5.55. The van der Waals surface area contributed by atoms with Gasteiger partial charge in [-0.2, -0.15) is 0 Å². The Hall–Kier alpha value is -0.540. The lowest BCUT2D eigenvalue weighted by atomic mass is 10.0. The molecule has 0 aromatic heterocycles. The van der Waals surface area contributed by atoms with Gasteiger partial charge in [-0.05, 0) is 49.9 Å². The molecule has 2 unspecified atom stereocenters. The highest BCUT2D eigenvalue weighted by atomic mass is 79.9. The molecule has 0 aliphatic heterocycles. The number of rotatable bonds is 5. The van der Waals surface area contributed by atoms with Crippen molar-refractivity contribution >= 4 is 21.6 Å². The van der Waals surface area contributed by atoms with Crippen molar-refractivity contribution in [3.8, 4) is 0 Å². The van der Waals surface area contributed by atoms with E-state index in [0.717, 1.165) is 10.9 Å². The predicted molar refractivity (Wildman–Crippen MR) is 84.2 cm³/mol. The first-order valence-electron chi connectivity index (χ1n) is 6.59. The van der Waals surface area contributed by atoms with Crippen LogP contribution in [-0.4, -0.2) is 19.1 Å². The van der Waals surface area contributed by atoms with Gasteiger partial charge >= 0.3 is 0 Å². The quantitative estimate of drug-likeness (QED) is 0.895. The minimum atomic E-state index is 0.181. The van der Waals surface area contributed by atoms with Gasteiger partial charge in [0.1, 0.15) is 0 Å². The van der Waals surface area contributed by atoms with Gasteiger partial charge in [0.2, 0.25) is 0 Å². The van der Waals surface area contributed by atoms with Gasteiger partial charge in [0.05, 0.1) is 0 Å². The molecule has 0 bridgehead atoms. The van der Waals surface area contributed by atoms with Gasteiger partial charge in [-0.15, -0.1) is 0 Å². The smallest absolute Gasteiger partial charge is 0.0400 e. The third kappa shape index (κ3) is 3.99. The second-order valence-corrected chi connectivity index (χ2v) is 6.47. The van der Waals surface area contributed by atoms with Gasteiger partial charge in [-0.1, -0.05) is 29.8 Å². The maximum Gasteiger partial charge on any atom is 0.0400 e. The van der Waals surface area contributed by atoms with Crippen molar-refractivity contribution in [2.24, 2.45) is 11.7 Å². The van der Waals surface area contributed by atoms with E-state index in [2.05, 4.69) is 73.8 Å². The molecule has 0 aliphatic carbocycles. The summed E-state index contributed by atoms with van der Waals surface area (Å²) in [7, 11) is 2.17. The molecule has 0 radical (unpaired) electrons. The van der Waals surface area contributed by atoms with Crippen molar-refractivity contribution in [3.63, 3.8) is 0 Å². The van der Waals surface area contributed by atoms with E-state index in [1.807, 2.05) is 0 Å². The molecule has 3 heteroatoms. The Kier molecular flexibility index (Phi) is 5.67. The largest absolute Gasteiger partial charge is 0.371 e. The van der Waals surface area contributed by atoms with Gasteiger partial charge in [0.25, 0.3) is 0 Å². The van der Waals surface area contributed by atoms with Crippen LogP contribution in [0.3, 0.4) is 0 Å². The molecular weight excluding hydrogens is 288 g/mol. The van der Waals surface area contributed by atoms with Crippen LogP contribution in [-0.2, 0) is 6.42 Å². The molecule has 18 heavy (non-hydrogen) atoms. The topological polar surface area (TPSA) is 29.3 Å². The summed E-state index contributed by atoms with van der Waals surface area (Å²) in [6.45, 7) is 8.83. The third-order valence-electron chi connectivity index (χ3n) is 3.54. The SMILES string of the molecule is CC(N)Cc1cc(Br)ccc1N(C)C(C)C(C)C. The minimum Gasteiger partial charge on any atom is -0.371 e. The van der Waals surface area contributed by atoms with E-state index in [4.69, 9.17) is 5.73 Å². The first-order valence-corrected chi connectivity index (χ1v) is 7.39. The van der Waals surface area contributed by atoms with Gasteiger partial charge in [0.15, 0.2) is 0 Å². The zero-order valence-electron chi connectivity index (χ0n) is 12.1. The molecule has 0 aliphatic rings. The fraction of sp³-hybridized carbons (Fsp3) is 0.600. The fourth-order valence-electron chi connectivity index (χ4n) is 2.08. The Morgan fingerprint density at radius 1 is 1.22 bits per heavy atom. The highest BCUT2D eigenvalue weighted by molar-refractivity contribution is 9.10. The fourth-order valence-corrected chi connectivity index (χ4v) is 2.48. The number of nitrogens with two attached hydrogens (primary N) is 1. The first-order chi connectivity index (χ1) is 8.32. The molecule has 0 heterocycles. The summed E-state index contributed by atoms with van der Waals surface area (Å²) in [6.07, 6.45) is 0.907. The van der Waals surface area contributed by atoms with Crippen LogP contribution < -0.4 is 10.6 Å². The maximum atomic E-state index is 5.95. The van der Waals surface area contributed by atoms with E-state index in [-0.39, 0.29) is 6.04 Å². The van der Waals surface area contributed by atoms with E-state index in [9.17, 15) is 0 Å². The summed E-state index contributed by atoms with van der Waals surface area (Å²) in [5.41, 5.74) is 8.55. The first kappa shape index (κ1) is 15.5. The van der Waals surface area contributed by atoms with Crippen molar-refractivity contribution in [1.82, 2.24) is 0 Å². The minimum absolute atomic E-state index is 0.181. The Morgan fingerprint density at radius 2 is 1.83 bits per heavy atom. The number of hydrogen-bond acceptors (Lipinski definition) is 2. The average Bonchev–Trinajstić information content (AvgIpc) is 2.26. The Morgan fingerprint density at radius 3 is 2.33 bits per heavy atom. The Balaban J connectivity index is 3.06. The van der Waals surface area contributed by atoms with Gasteiger partial charge in [0, 0.05) is 29.3 Å². The normalized spacial score (nSPS) is 14.7. The van der Waals surface area contributed by atoms with E-state index in [0.29, 0.717) is 12.0 Å². The number of benzene rings is 1. The third-order valence-corrected chi connectivity index (χ3v) is 4.03. The maximum absolute atomic E-state index is 5.95. The lowest BCUT2D eigenvalue weighted by molar-refractivity contribution is 0.504. The molecule has 0 saturated carbocycles. The van der Waals surface area contributed by atoms with Crippen molar-refractivity contribution < 1.29 is 0 Å². The number of anilines is 1. The lowest BCUT2D eigenvalue weighted by Gasteiger charge is -2.32. The summed E-state index contributed by atoms with van der Waals surface area (Å²) in [5.74, 6) is 0.627. The zero-order chi connectivity index (χ0) is 13.9. The molecule has 2 atom stereocenters. The highest BCUT2D eigenvalue weighted by Gasteiger charge is 2.17. The molecule has 2 nitrogen and oxygen atoms in total. The molecule has 1 aromatic carbocycles. The van der Waals surface area contributed by atoms with Gasteiger partial charge in [-0.3, -0.25) is 0 Å². The summed E-state index contributed by atoms with van der Waals surface area (Å²) in [5, 5.41) is 0. The summed E-state index contributed by atoms with van der Waals surface area (Å²) in [6, 6.07) is 7.16. The van der Waals surface area contributed by atoms with Crippen molar-refractivity contribution in [2.45, 2.75) is 46.2 Å².